The molecule has 3 rings (SSSR count). The highest BCUT2D eigenvalue weighted by Crippen LogP contribution is 2.24. The van der Waals surface area contributed by atoms with Crippen LogP contribution in [0.15, 0.2) is 39.6 Å². The fourth-order valence-corrected chi connectivity index (χ4v) is 2.20. The Balaban J connectivity index is 1.97. The zero-order valence-electron chi connectivity index (χ0n) is 10.8. The Kier molecular flexibility index (Phi) is 2.93. The average molecular weight is 257 g/mol. The molecule has 19 heavy (non-hydrogen) atoms. The van der Waals surface area contributed by atoms with Gasteiger partial charge in [0.15, 0.2) is 5.82 Å². The Bertz CT molecular complexity index is 566. The molecule has 0 saturated carbocycles. The zero-order chi connectivity index (χ0) is 13.2. The standard InChI is InChI=1S/C13H15N5O/c1-10-8-13(17-7-6-14-12(19)9-17)18-11(16-10)4-2-3-5-15-18/h2,5,8H,3,6-7,9H2,1H3,(H,14,19). The van der Waals surface area contributed by atoms with Crippen molar-refractivity contribution in [2.75, 3.05) is 19.6 Å². The summed E-state index contributed by atoms with van der Waals surface area (Å²) in [7, 11) is 0. The molecule has 6 nitrogen and oxygen atoms in total. The molecule has 0 bridgehead atoms. The second-order valence-electron chi connectivity index (χ2n) is 4.54. The second-order valence-corrected chi connectivity index (χ2v) is 4.54. The maximum Gasteiger partial charge on any atom is 0.239 e. The number of fused-ring (bicyclic) bond motifs is 1. The van der Waals surface area contributed by atoms with E-state index in [0.717, 1.165) is 24.5 Å². The first-order valence-electron chi connectivity index (χ1n) is 6.30. The number of hydrazone groups is 1. The molecule has 98 valence electrons. The Labute approximate surface area is 111 Å². The first-order chi connectivity index (χ1) is 9.24. The highest BCUT2D eigenvalue weighted by Gasteiger charge is 2.27. The third-order valence-electron chi connectivity index (χ3n) is 3.05. The molecule has 3 heterocycles. The summed E-state index contributed by atoms with van der Waals surface area (Å²) in [6.07, 6.45) is 6.41. The number of nitrogens with zero attached hydrogens (tertiary/aromatic N) is 4. The van der Waals surface area contributed by atoms with E-state index in [1.165, 1.54) is 0 Å². The number of piperazine rings is 1. The largest absolute Gasteiger partial charge is 0.353 e. The van der Waals surface area contributed by atoms with Crippen LogP contribution < -0.4 is 5.32 Å². The molecule has 0 aliphatic carbocycles. The molecular weight excluding hydrogens is 242 g/mol. The number of nitrogens with one attached hydrogen (secondary N) is 1. The van der Waals surface area contributed by atoms with E-state index < -0.39 is 0 Å². The Morgan fingerprint density at radius 2 is 2.37 bits per heavy atom. The molecule has 1 N–H and O–H groups in total. The summed E-state index contributed by atoms with van der Waals surface area (Å²) in [6, 6.07) is 0. The summed E-state index contributed by atoms with van der Waals surface area (Å²) in [5.41, 5.74) is 4.03. The molecule has 0 atom stereocenters. The van der Waals surface area contributed by atoms with E-state index in [-0.39, 0.29) is 5.91 Å². The summed E-state index contributed by atoms with van der Waals surface area (Å²) < 4.78 is 0. The van der Waals surface area contributed by atoms with Gasteiger partial charge in [0.2, 0.25) is 5.91 Å². The molecule has 1 saturated heterocycles. The quantitative estimate of drug-likeness (QED) is 0.693. The lowest BCUT2D eigenvalue weighted by molar-refractivity contribution is -0.123. The van der Waals surface area contributed by atoms with Gasteiger partial charge < -0.3 is 10.2 Å². The number of hydrogen-bond acceptors (Lipinski definition) is 5. The third kappa shape index (κ3) is 2.30. The molecule has 0 unspecified atom stereocenters. The van der Waals surface area contributed by atoms with Gasteiger partial charge in [-0.1, -0.05) is 5.73 Å². The second kappa shape index (κ2) is 4.74. The van der Waals surface area contributed by atoms with Crippen molar-refractivity contribution in [1.29, 1.82) is 0 Å². The number of allylic oxidation sites excluding steroid dienone is 2. The molecule has 0 spiro atoms. The van der Waals surface area contributed by atoms with E-state index in [4.69, 9.17) is 0 Å². The van der Waals surface area contributed by atoms with Gasteiger partial charge in [0.25, 0.3) is 0 Å². The highest BCUT2D eigenvalue weighted by molar-refractivity contribution is 5.95. The number of hydrogen-bond donors (Lipinski definition) is 1. The summed E-state index contributed by atoms with van der Waals surface area (Å²) in [6.45, 7) is 3.71. The number of rotatable bonds is 1. The minimum atomic E-state index is 0.0344. The molecule has 3 aliphatic rings. The highest BCUT2D eigenvalue weighted by atomic mass is 16.2. The van der Waals surface area contributed by atoms with Crippen molar-refractivity contribution in [3.8, 4) is 0 Å². The Morgan fingerprint density at radius 1 is 1.47 bits per heavy atom. The number of carbonyl (C=O) groups excluding carboxylic acids is 1. The maximum absolute atomic E-state index is 11.5. The van der Waals surface area contributed by atoms with Crippen LogP contribution in [0.1, 0.15) is 13.3 Å². The van der Waals surface area contributed by atoms with Gasteiger partial charge >= 0.3 is 0 Å². The van der Waals surface area contributed by atoms with Gasteiger partial charge in [0.1, 0.15) is 5.82 Å². The molecule has 6 heteroatoms. The van der Waals surface area contributed by atoms with Crippen molar-refractivity contribution in [1.82, 2.24) is 15.2 Å². The van der Waals surface area contributed by atoms with E-state index in [1.807, 2.05) is 30.2 Å². The average Bonchev–Trinajstić information content (AvgIpc) is 2.63. The summed E-state index contributed by atoms with van der Waals surface area (Å²) in [5.74, 6) is 1.60. The molecule has 3 aliphatic heterocycles. The van der Waals surface area contributed by atoms with Crippen LogP contribution in [0.2, 0.25) is 0 Å². The van der Waals surface area contributed by atoms with E-state index in [0.29, 0.717) is 18.9 Å². The van der Waals surface area contributed by atoms with Gasteiger partial charge in [-0.25, -0.2) is 4.99 Å². The van der Waals surface area contributed by atoms with Gasteiger partial charge in [-0.2, -0.15) is 10.1 Å². The number of carbonyl (C=O) groups is 1. The van der Waals surface area contributed by atoms with Crippen LogP contribution in [0.3, 0.4) is 0 Å². The molecule has 1 fully saturated rings. The minimum Gasteiger partial charge on any atom is -0.353 e. The molecule has 0 aromatic carbocycles. The lowest BCUT2D eigenvalue weighted by Crippen LogP contribution is -2.49. The predicted octanol–water partition coefficient (Wildman–Crippen LogP) is 0.422. The smallest absolute Gasteiger partial charge is 0.239 e. The van der Waals surface area contributed by atoms with Gasteiger partial charge in [0, 0.05) is 37.5 Å². The first-order valence-corrected chi connectivity index (χ1v) is 6.30. The van der Waals surface area contributed by atoms with E-state index in [2.05, 4.69) is 21.1 Å². The van der Waals surface area contributed by atoms with Crippen LogP contribution >= 0.6 is 0 Å². The van der Waals surface area contributed by atoms with Crippen LogP contribution in [0.25, 0.3) is 0 Å². The van der Waals surface area contributed by atoms with Crippen LogP contribution in [0.4, 0.5) is 0 Å². The minimum absolute atomic E-state index is 0.0344. The van der Waals surface area contributed by atoms with Crippen LogP contribution in [0.5, 0.6) is 0 Å². The Morgan fingerprint density at radius 3 is 3.21 bits per heavy atom. The lowest BCUT2D eigenvalue weighted by atomic mass is 10.2. The SMILES string of the molecule is CC1=NC2=C=CCC=NN2C(N2CCNC(=O)C2)=C1. The van der Waals surface area contributed by atoms with E-state index in [1.54, 1.807) is 5.01 Å². The zero-order valence-corrected chi connectivity index (χ0v) is 10.8. The van der Waals surface area contributed by atoms with Gasteiger partial charge in [-0.3, -0.25) is 4.79 Å². The van der Waals surface area contributed by atoms with Gasteiger partial charge in [-0.15, -0.1) is 0 Å². The van der Waals surface area contributed by atoms with E-state index in [9.17, 15) is 4.79 Å². The fourth-order valence-electron chi connectivity index (χ4n) is 2.20. The van der Waals surface area contributed by atoms with Crippen molar-refractivity contribution in [3.63, 3.8) is 0 Å². The predicted molar refractivity (Wildman–Crippen MR) is 72.3 cm³/mol. The van der Waals surface area contributed by atoms with Crippen molar-refractivity contribution < 1.29 is 4.79 Å². The normalized spacial score (nSPS) is 22.2. The Hall–Kier alpha value is -2.33. The molecule has 0 aromatic rings. The van der Waals surface area contributed by atoms with Crippen LogP contribution in [-0.2, 0) is 4.79 Å². The number of aliphatic imine (C=N–C) groups is 1. The summed E-state index contributed by atoms with van der Waals surface area (Å²) in [4.78, 5) is 18.0. The van der Waals surface area contributed by atoms with Crippen molar-refractivity contribution in [2.45, 2.75) is 13.3 Å². The first kappa shape index (κ1) is 11.7. The fraction of sp³-hybridized carbons (Fsp3) is 0.385. The van der Waals surface area contributed by atoms with Gasteiger partial charge in [0.05, 0.1) is 6.54 Å². The molecule has 0 radical (unpaired) electrons. The van der Waals surface area contributed by atoms with Crippen molar-refractivity contribution in [2.24, 2.45) is 10.1 Å². The maximum atomic E-state index is 11.5. The number of amides is 1. The summed E-state index contributed by atoms with van der Waals surface area (Å²) >= 11 is 0. The molecular formula is C13H15N5O. The molecule has 0 aromatic heterocycles. The lowest BCUT2D eigenvalue weighted by Gasteiger charge is -2.35. The van der Waals surface area contributed by atoms with E-state index >= 15 is 0 Å². The third-order valence-corrected chi connectivity index (χ3v) is 3.05. The topological polar surface area (TPSA) is 60.3 Å². The van der Waals surface area contributed by atoms with Crippen LogP contribution in [-0.4, -0.2) is 47.4 Å². The van der Waals surface area contributed by atoms with Crippen LogP contribution in [0, 0.1) is 0 Å². The van der Waals surface area contributed by atoms with Crippen molar-refractivity contribution >= 4 is 17.8 Å². The monoisotopic (exact) mass is 257 g/mol. The summed E-state index contributed by atoms with van der Waals surface area (Å²) in [5, 5.41) is 8.96. The van der Waals surface area contributed by atoms with Gasteiger partial charge in [-0.05, 0) is 13.0 Å². The molecule has 1 amide bonds. The van der Waals surface area contributed by atoms with Crippen molar-refractivity contribution in [3.05, 3.63) is 29.5 Å².